The Hall–Kier alpha value is -0.670. The van der Waals surface area contributed by atoms with Crippen molar-refractivity contribution in [2.45, 2.75) is 33.2 Å². The Labute approximate surface area is 90.3 Å². The molecule has 0 aromatic carbocycles. The van der Waals surface area contributed by atoms with Crippen LogP contribution in [0.1, 0.15) is 36.0 Å². The van der Waals surface area contributed by atoms with E-state index in [-0.39, 0.29) is 0 Å². The third-order valence-electron chi connectivity index (χ3n) is 1.64. The number of carbonyl (C=O) groups excluding carboxylic acids is 1. The molecule has 0 radical (unpaired) electrons. The van der Waals surface area contributed by atoms with E-state index in [1.54, 1.807) is 11.3 Å². The van der Waals surface area contributed by atoms with Crippen LogP contribution in [0.3, 0.4) is 0 Å². The van der Waals surface area contributed by atoms with Crippen molar-refractivity contribution in [3.8, 4) is 0 Å². The maximum atomic E-state index is 10.0. The fourth-order valence-corrected chi connectivity index (χ4v) is 1.18. The highest BCUT2D eigenvalue weighted by Gasteiger charge is 2.01. The number of rotatable bonds is 1. The Kier molecular flexibility index (Phi) is 5.65. The highest BCUT2D eigenvalue weighted by molar-refractivity contribution is 7.10. The monoisotopic (exact) mass is 213 g/mol. The molecular formula is C11H19NOS. The fourth-order valence-electron chi connectivity index (χ4n) is 0.526. The minimum absolute atomic E-state index is 0.292. The first-order chi connectivity index (χ1) is 6.39. The van der Waals surface area contributed by atoms with Crippen molar-refractivity contribution in [1.29, 1.82) is 0 Å². The zero-order valence-corrected chi connectivity index (χ0v) is 10.4. The van der Waals surface area contributed by atoms with Crippen molar-refractivity contribution in [2.75, 3.05) is 7.05 Å². The standard InChI is InChI=1S/C6H6OS.C5H13N/c1-5-2-6(3-7)4-8-5;1-5(2,3)6-4/h2-4H,1H3;6H,1-4H3. The van der Waals surface area contributed by atoms with Crippen LogP contribution in [0, 0.1) is 6.92 Å². The summed E-state index contributed by atoms with van der Waals surface area (Å²) in [6, 6.07) is 1.87. The molecule has 14 heavy (non-hydrogen) atoms. The van der Waals surface area contributed by atoms with Gasteiger partial charge in [-0.3, -0.25) is 4.79 Å². The second kappa shape index (κ2) is 5.94. The molecule has 1 N–H and O–H groups in total. The van der Waals surface area contributed by atoms with E-state index < -0.39 is 0 Å². The van der Waals surface area contributed by atoms with Crippen LogP contribution in [0.5, 0.6) is 0 Å². The fraction of sp³-hybridized carbons (Fsp3) is 0.545. The molecule has 0 amide bonds. The number of nitrogens with one attached hydrogen (secondary N) is 1. The van der Waals surface area contributed by atoms with Crippen LogP contribution >= 0.6 is 11.3 Å². The van der Waals surface area contributed by atoms with Gasteiger partial charge in [-0.1, -0.05) is 0 Å². The van der Waals surface area contributed by atoms with Gasteiger partial charge in [0.25, 0.3) is 0 Å². The summed E-state index contributed by atoms with van der Waals surface area (Å²) in [5.41, 5.74) is 1.08. The van der Waals surface area contributed by atoms with Gasteiger partial charge in [-0.05, 0) is 40.8 Å². The number of carbonyl (C=O) groups is 1. The molecule has 1 rings (SSSR count). The zero-order valence-electron chi connectivity index (χ0n) is 9.55. The largest absolute Gasteiger partial charge is 0.315 e. The molecule has 0 unspecified atom stereocenters. The molecule has 1 aromatic heterocycles. The van der Waals surface area contributed by atoms with Gasteiger partial charge in [-0.2, -0.15) is 0 Å². The van der Waals surface area contributed by atoms with Crippen LogP contribution in [0.4, 0.5) is 0 Å². The summed E-state index contributed by atoms with van der Waals surface area (Å²) >= 11 is 1.60. The van der Waals surface area contributed by atoms with Crippen molar-refractivity contribution in [2.24, 2.45) is 0 Å². The van der Waals surface area contributed by atoms with Crippen molar-refractivity contribution in [3.05, 3.63) is 21.9 Å². The molecule has 0 saturated carbocycles. The molecule has 2 nitrogen and oxygen atoms in total. The normalized spacial score (nSPS) is 10.4. The quantitative estimate of drug-likeness (QED) is 0.727. The zero-order chi connectivity index (χ0) is 11.2. The first kappa shape index (κ1) is 13.3. The van der Waals surface area contributed by atoms with Crippen LogP contribution in [0.2, 0.25) is 0 Å². The lowest BCUT2D eigenvalue weighted by atomic mass is 10.1. The molecular weight excluding hydrogens is 194 g/mol. The van der Waals surface area contributed by atoms with Gasteiger partial charge in [0.2, 0.25) is 0 Å². The first-order valence-electron chi connectivity index (χ1n) is 4.58. The summed E-state index contributed by atoms with van der Waals surface area (Å²) in [6.07, 6.45) is 0.865. The summed E-state index contributed by atoms with van der Waals surface area (Å²) in [4.78, 5) is 11.2. The molecule has 0 fully saturated rings. The minimum Gasteiger partial charge on any atom is -0.315 e. The van der Waals surface area contributed by atoms with E-state index in [9.17, 15) is 4.79 Å². The molecule has 0 aliphatic rings. The van der Waals surface area contributed by atoms with Crippen molar-refractivity contribution in [1.82, 2.24) is 5.32 Å². The third-order valence-corrected chi connectivity index (χ3v) is 2.52. The van der Waals surface area contributed by atoms with Crippen LogP contribution in [0.25, 0.3) is 0 Å². The SMILES string of the molecule is CNC(C)(C)C.Cc1cc(C=O)cs1. The second-order valence-electron chi connectivity index (χ2n) is 4.11. The van der Waals surface area contributed by atoms with Crippen molar-refractivity contribution in [3.63, 3.8) is 0 Å². The van der Waals surface area contributed by atoms with Gasteiger partial charge in [0.15, 0.2) is 6.29 Å². The van der Waals surface area contributed by atoms with E-state index in [0.717, 1.165) is 11.8 Å². The van der Waals surface area contributed by atoms with Gasteiger partial charge in [-0.15, -0.1) is 11.3 Å². The van der Waals surface area contributed by atoms with Crippen LogP contribution in [0.15, 0.2) is 11.4 Å². The highest BCUT2D eigenvalue weighted by atomic mass is 32.1. The lowest BCUT2D eigenvalue weighted by molar-refractivity contribution is 0.112. The van der Waals surface area contributed by atoms with Crippen molar-refractivity contribution >= 4 is 17.6 Å². The maximum Gasteiger partial charge on any atom is 0.150 e. The molecule has 0 saturated heterocycles. The van der Waals surface area contributed by atoms with E-state index >= 15 is 0 Å². The highest BCUT2D eigenvalue weighted by Crippen LogP contribution is 2.09. The van der Waals surface area contributed by atoms with Gasteiger partial charge < -0.3 is 5.32 Å². The van der Waals surface area contributed by atoms with E-state index in [2.05, 4.69) is 26.1 Å². The Balaban J connectivity index is 0.000000255. The average molecular weight is 213 g/mol. The number of aryl methyl sites for hydroxylation is 1. The molecule has 1 aromatic rings. The summed E-state index contributed by atoms with van der Waals surface area (Å²) in [5, 5.41) is 4.95. The molecule has 3 heteroatoms. The predicted molar refractivity (Wildman–Crippen MR) is 63.3 cm³/mol. The molecule has 0 bridgehead atoms. The lowest BCUT2D eigenvalue weighted by Gasteiger charge is -2.15. The first-order valence-corrected chi connectivity index (χ1v) is 5.46. The van der Waals surface area contributed by atoms with Crippen LogP contribution in [-0.4, -0.2) is 18.9 Å². The van der Waals surface area contributed by atoms with E-state index in [1.807, 2.05) is 25.4 Å². The van der Waals surface area contributed by atoms with E-state index in [0.29, 0.717) is 5.54 Å². The predicted octanol–water partition coefficient (Wildman–Crippen LogP) is 2.87. The minimum atomic E-state index is 0.292. The number of hydrogen-bond donors (Lipinski definition) is 1. The van der Waals surface area contributed by atoms with Crippen molar-refractivity contribution < 1.29 is 4.79 Å². The Morgan fingerprint density at radius 2 is 1.93 bits per heavy atom. The number of thiophene rings is 1. The molecule has 1 heterocycles. The van der Waals surface area contributed by atoms with Crippen LogP contribution < -0.4 is 5.32 Å². The number of aldehydes is 1. The van der Waals surface area contributed by atoms with E-state index in [1.165, 1.54) is 4.88 Å². The molecule has 0 aliphatic heterocycles. The third kappa shape index (κ3) is 6.80. The van der Waals surface area contributed by atoms with Gasteiger partial charge in [0.05, 0.1) is 0 Å². The smallest absolute Gasteiger partial charge is 0.150 e. The molecule has 0 atom stereocenters. The maximum absolute atomic E-state index is 10.0. The van der Waals surface area contributed by atoms with Gasteiger partial charge >= 0.3 is 0 Å². The summed E-state index contributed by atoms with van der Waals surface area (Å²) in [6.45, 7) is 8.38. The van der Waals surface area contributed by atoms with Gasteiger partial charge in [0.1, 0.15) is 0 Å². The second-order valence-corrected chi connectivity index (χ2v) is 5.22. The lowest BCUT2D eigenvalue weighted by Crippen LogP contribution is -2.31. The summed E-state index contributed by atoms with van der Waals surface area (Å²) < 4.78 is 0. The molecule has 80 valence electrons. The average Bonchev–Trinajstić information content (AvgIpc) is 2.51. The Morgan fingerprint density at radius 1 is 1.43 bits per heavy atom. The summed E-state index contributed by atoms with van der Waals surface area (Å²) in [5.74, 6) is 0. The Bertz CT molecular complexity index is 273. The molecule has 0 aliphatic carbocycles. The Morgan fingerprint density at radius 3 is 2.07 bits per heavy atom. The van der Waals surface area contributed by atoms with Gasteiger partial charge in [-0.25, -0.2) is 0 Å². The van der Waals surface area contributed by atoms with Crippen LogP contribution in [-0.2, 0) is 0 Å². The topological polar surface area (TPSA) is 29.1 Å². The summed E-state index contributed by atoms with van der Waals surface area (Å²) in [7, 11) is 1.96. The van der Waals surface area contributed by atoms with Gasteiger partial charge in [0, 0.05) is 21.4 Å². The molecule has 0 spiro atoms. The van der Waals surface area contributed by atoms with E-state index in [4.69, 9.17) is 0 Å². The number of hydrogen-bond acceptors (Lipinski definition) is 3.